The minimum Gasteiger partial charge on any atom is -0.336 e. The van der Waals surface area contributed by atoms with Crippen LogP contribution >= 0.6 is 0 Å². The highest BCUT2D eigenvalue weighted by atomic mass is 16.2. The molecule has 23 heavy (non-hydrogen) atoms. The molecule has 3 aromatic rings. The smallest absolute Gasteiger partial charge is 0.291 e. The van der Waals surface area contributed by atoms with E-state index in [1.165, 1.54) is 5.39 Å². The quantitative estimate of drug-likeness (QED) is 0.678. The number of hydrogen-bond acceptors (Lipinski definition) is 1. The van der Waals surface area contributed by atoms with Crippen LogP contribution in [0, 0.1) is 0 Å². The number of carbonyl (C=O) groups excluding carboxylic acids is 1. The molecule has 0 unspecified atom stereocenters. The van der Waals surface area contributed by atoms with E-state index in [4.69, 9.17) is 0 Å². The number of benzene rings is 2. The molecule has 0 aliphatic rings. The topological polar surface area (TPSA) is 24.2 Å². The highest BCUT2D eigenvalue weighted by molar-refractivity contribution is 5.81. The maximum Gasteiger partial charge on any atom is 0.291 e. The van der Waals surface area contributed by atoms with Crippen LogP contribution in [-0.4, -0.2) is 17.9 Å². The van der Waals surface area contributed by atoms with Crippen LogP contribution in [0.2, 0.25) is 0 Å². The summed E-state index contributed by atoms with van der Waals surface area (Å²) in [6, 6.07) is 20.1. The van der Waals surface area contributed by atoms with E-state index >= 15 is 0 Å². The lowest BCUT2D eigenvalue weighted by Gasteiger charge is -2.19. The zero-order chi connectivity index (χ0) is 16.2. The van der Waals surface area contributed by atoms with Gasteiger partial charge in [-0.05, 0) is 17.0 Å². The number of aromatic nitrogens is 1. The van der Waals surface area contributed by atoms with Crippen molar-refractivity contribution in [1.82, 2.24) is 4.90 Å². The molecule has 0 saturated carbocycles. The van der Waals surface area contributed by atoms with Gasteiger partial charge in [0.25, 0.3) is 5.91 Å². The number of likely N-dealkylation sites (N-methyl/N-ethyl adjacent to an activating group) is 1. The lowest BCUT2D eigenvalue weighted by molar-refractivity contribution is -0.705. The van der Waals surface area contributed by atoms with Crippen molar-refractivity contribution in [3.05, 3.63) is 78.6 Å². The van der Waals surface area contributed by atoms with E-state index in [0.29, 0.717) is 6.54 Å². The molecule has 0 spiro atoms. The molecule has 116 valence electrons. The van der Waals surface area contributed by atoms with Crippen molar-refractivity contribution in [2.75, 3.05) is 7.05 Å². The molecule has 0 N–H and O–H groups in total. The lowest BCUT2D eigenvalue weighted by Crippen LogP contribution is -2.46. The summed E-state index contributed by atoms with van der Waals surface area (Å²) in [6.07, 6.45) is 4.01. The van der Waals surface area contributed by atoms with Crippen LogP contribution in [0.1, 0.15) is 18.5 Å². The van der Waals surface area contributed by atoms with Crippen molar-refractivity contribution < 1.29 is 9.36 Å². The molecule has 1 heterocycles. The van der Waals surface area contributed by atoms with Crippen molar-refractivity contribution in [1.29, 1.82) is 0 Å². The number of hydrogen-bond donors (Lipinski definition) is 0. The third-order valence-corrected chi connectivity index (χ3v) is 4.15. The van der Waals surface area contributed by atoms with Gasteiger partial charge in [0.05, 0.1) is 0 Å². The summed E-state index contributed by atoms with van der Waals surface area (Å²) < 4.78 is 1.98. The zero-order valence-electron chi connectivity index (χ0n) is 13.5. The summed E-state index contributed by atoms with van der Waals surface area (Å²) >= 11 is 0. The normalized spacial score (nSPS) is 12.1. The molecule has 1 aromatic heterocycles. The van der Waals surface area contributed by atoms with Crippen molar-refractivity contribution in [2.24, 2.45) is 0 Å². The highest BCUT2D eigenvalue weighted by Crippen LogP contribution is 2.12. The van der Waals surface area contributed by atoms with E-state index in [1.54, 1.807) is 4.90 Å². The largest absolute Gasteiger partial charge is 0.336 e. The Kier molecular flexibility index (Phi) is 4.38. The molecule has 0 aliphatic carbocycles. The predicted octanol–water partition coefficient (Wildman–Crippen LogP) is 3.35. The average molecular weight is 305 g/mol. The molecule has 0 bridgehead atoms. The van der Waals surface area contributed by atoms with Crippen molar-refractivity contribution in [2.45, 2.75) is 19.5 Å². The van der Waals surface area contributed by atoms with Gasteiger partial charge in [-0.3, -0.25) is 4.79 Å². The molecule has 3 rings (SSSR count). The molecular weight excluding hydrogens is 284 g/mol. The van der Waals surface area contributed by atoms with Crippen LogP contribution in [0.4, 0.5) is 0 Å². The number of pyridine rings is 1. The average Bonchev–Trinajstić information content (AvgIpc) is 2.61. The molecule has 0 radical (unpaired) electrons. The second-order valence-electron chi connectivity index (χ2n) is 5.88. The van der Waals surface area contributed by atoms with Gasteiger partial charge in [-0.1, -0.05) is 48.5 Å². The summed E-state index contributed by atoms with van der Waals surface area (Å²) in [4.78, 5) is 14.5. The minimum atomic E-state index is -0.228. The molecule has 0 aliphatic heterocycles. The fourth-order valence-electron chi connectivity index (χ4n) is 2.77. The third kappa shape index (κ3) is 3.39. The van der Waals surface area contributed by atoms with E-state index in [2.05, 4.69) is 18.2 Å². The molecule has 0 fully saturated rings. The number of amides is 1. The fraction of sp³-hybridized carbons (Fsp3) is 0.200. The predicted molar refractivity (Wildman–Crippen MR) is 91.8 cm³/mol. The van der Waals surface area contributed by atoms with Crippen LogP contribution in [0.25, 0.3) is 10.8 Å². The Labute approximate surface area is 136 Å². The van der Waals surface area contributed by atoms with Gasteiger partial charge >= 0.3 is 0 Å². The number of rotatable bonds is 4. The Morgan fingerprint density at radius 3 is 2.39 bits per heavy atom. The molecular formula is C20H21N2O+. The Balaban J connectivity index is 1.77. The molecule has 1 amide bonds. The summed E-state index contributed by atoms with van der Waals surface area (Å²) in [6.45, 7) is 2.57. The van der Waals surface area contributed by atoms with Gasteiger partial charge in [-0.2, -0.15) is 4.57 Å². The van der Waals surface area contributed by atoms with Gasteiger partial charge in [-0.25, -0.2) is 0 Å². The maximum absolute atomic E-state index is 12.7. The van der Waals surface area contributed by atoms with Crippen LogP contribution < -0.4 is 4.57 Å². The second-order valence-corrected chi connectivity index (χ2v) is 5.88. The van der Waals surface area contributed by atoms with Crippen molar-refractivity contribution in [3.63, 3.8) is 0 Å². The first-order chi connectivity index (χ1) is 11.1. The zero-order valence-corrected chi connectivity index (χ0v) is 13.5. The first kappa shape index (κ1) is 15.2. The minimum absolute atomic E-state index is 0.106. The van der Waals surface area contributed by atoms with Crippen molar-refractivity contribution in [3.8, 4) is 0 Å². The Morgan fingerprint density at radius 2 is 1.65 bits per heavy atom. The fourth-order valence-corrected chi connectivity index (χ4v) is 2.77. The SMILES string of the molecule is C[C@H](C(=O)N(C)Cc1ccccc1)[n+]1ccc2ccccc2c1. The van der Waals surface area contributed by atoms with Crippen LogP contribution in [0.5, 0.6) is 0 Å². The van der Waals surface area contributed by atoms with E-state index in [9.17, 15) is 4.79 Å². The first-order valence-electron chi connectivity index (χ1n) is 7.83. The molecule has 3 heteroatoms. The van der Waals surface area contributed by atoms with Crippen molar-refractivity contribution >= 4 is 16.7 Å². The molecule has 1 atom stereocenters. The number of nitrogens with zero attached hydrogens (tertiary/aromatic N) is 2. The van der Waals surface area contributed by atoms with E-state index in [0.717, 1.165) is 10.9 Å². The van der Waals surface area contributed by atoms with Crippen LogP contribution in [0.3, 0.4) is 0 Å². The number of carbonyl (C=O) groups is 1. The van der Waals surface area contributed by atoms with Gasteiger partial charge in [0.15, 0.2) is 12.4 Å². The van der Waals surface area contributed by atoms with Gasteiger partial charge in [0.2, 0.25) is 6.04 Å². The van der Waals surface area contributed by atoms with Gasteiger partial charge in [0.1, 0.15) is 0 Å². The van der Waals surface area contributed by atoms with Gasteiger partial charge in [-0.15, -0.1) is 0 Å². The Morgan fingerprint density at radius 1 is 1.00 bits per heavy atom. The van der Waals surface area contributed by atoms with Crippen LogP contribution in [-0.2, 0) is 11.3 Å². The van der Waals surface area contributed by atoms with E-state index < -0.39 is 0 Å². The number of fused-ring (bicyclic) bond motifs is 1. The molecule has 2 aromatic carbocycles. The summed E-state index contributed by atoms with van der Waals surface area (Å²) in [5.74, 6) is 0.106. The Bertz CT molecular complexity index is 814. The van der Waals surface area contributed by atoms with Gasteiger partial charge in [0, 0.05) is 32.0 Å². The van der Waals surface area contributed by atoms with Crippen LogP contribution in [0.15, 0.2) is 73.1 Å². The van der Waals surface area contributed by atoms with Gasteiger partial charge < -0.3 is 4.90 Å². The third-order valence-electron chi connectivity index (χ3n) is 4.15. The monoisotopic (exact) mass is 305 g/mol. The highest BCUT2D eigenvalue weighted by Gasteiger charge is 2.25. The standard InChI is InChI=1S/C20H21N2O/c1-16(20(23)21(2)14-17-8-4-3-5-9-17)22-13-12-18-10-6-7-11-19(18)15-22/h3-13,15-16H,14H2,1-2H3/q+1/t16-/m1/s1. The molecule has 0 saturated heterocycles. The maximum atomic E-state index is 12.7. The molecule has 3 nitrogen and oxygen atoms in total. The Hall–Kier alpha value is -2.68. The summed E-state index contributed by atoms with van der Waals surface area (Å²) in [5, 5.41) is 2.32. The second kappa shape index (κ2) is 6.61. The van der Waals surface area contributed by atoms with E-state index in [1.807, 2.05) is 73.4 Å². The summed E-state index contributed by atoms with van der Waals surface area (Å²) in [5.41, 5.74) is 1.14. The van der Waals surface area contributed by atoms with E-state index in [-0.39, 0.29) is 11.9 Å². The summed E-state index contributed by atoms with van der Waals surface area (Å²) in [7, 11) is 1.85. The first-order valence-corrected chi connectivity index (χ1v) is 7.83. The lowest BCUT2D eigenvalue weighted by atomic mass is 10.1.